The molecule has 3 rings (SSSR count). The van der Waals surface area contributed by atoms with E-state index >= 15 is 0 Å². The zero-order chi connectivity index (χ0) is 34.0. The minimum atomic E-state index is -2.41. The van der Waals surface area contributed by atoms with E-state index in [4.69, 9.17) is 18.6 Å². The molecule has 2 aromatic carbocycles. The number of esters is 3. The van der Waals surface area contributed by atoms with E-state index in [-0.39, 0.29) is 30.6 Å². The standard InChI is InChI=1S/C37H52O8Si/c1-36(2,3)46(6,7)45-31-24-30(38)29(22-16-8-9-17-23-32(39)42-5)33(31)37(4,34(40)43-25-27-18-12-10-13-19-27)35(41)44-26-28-20-14-11-15-21-28/h10-15,18-22,30-31,33,38H,8-9,16-17,23-26H2,1-7H3/b29-22+/t30-,31+,33+/m0/s1. The lowest BCUT2D eigenvalue weighted by Gasteiger charge is -2.42. The summed E-state index contributed by atoms with van der Waals surface area (Å²) in [6, 6.07) is 18.6. The van der Waals surface area contributed by atoms with E-state index < -0.39 is 43.8 Å². The Morgan fingerprint density at radius 3 is 1.85 bits per heavy atom. The van der Waals surface area contributed by atoms with Crippen molar-refractivity contribution in [3.05, 3.63) is 83.4 Å². The van der Waals surface area contributed by atoms with Gasteiger partial charge >= 0.3 is 17.9 Å². The van der Waals surface area contributed by atoms with Crippen LogP contribution in [0.25, 0.3) is 0 Å². The summed E-state index contributed by atoms with van der Waals surface area (Å²) in [5.41, 5.74) is 0.371. The van der Waals surface area contributed by atoms with Crippen LogP contribution in [0.15, 0.2) is 72.3 Å². The third-order valence-corrected chi connectivity index (χ3v) is 13.9. The molecule has 0 aliphatic heterocycles. The number of hydrogen-bond acceptors (Lipinski definition) is 8. The molecule has 0 aromatic heterocycles. The van der Waals surface area contributed by atoms with Crippen molar-refractivity contribution in [1.29, 1.82) is 0 Å². The Morgan fingerprint density at radius 2 is 1.37 bits per heavy atom. The third kappa shape index (κ3) is 9.62. The monoisotopic (exact) mass is 652 g/mol. The molecule has 0 unspecified atom stereocenters. The highest BCUT2D eigenvalue weighted by Gasteiger charge is 2.60. The normalized spacial score (nSPS) is 19.6. The molecule has 0 heterocycles. The highest BCUT2D eigenvalue weighted by atomic mass is 28.4. The first-order chi connectivity index (χ1) is 21.7. The number of aliphatic hydroxyl groups is 1. The molecule has 3 atom stereocenters. The number of aliphatic hydroxyl groups excluding tert-OH is 1. The fourth-order valence-corrected chi connectivity index (χ4v) is 6.94. The fourth-order valence-electron chi connectivity index (χ4n) is 5.60. The van der Waals surface area contributed by atoms with Crippen LogP contribution in [-0.4, -0.2) is 50.6 Å². The third-order valence-electron chi connectivity index (χ3n) is 9.41. The van der Waals surface area contributed by atoms with Gasteiger partial charge in [0, 0.05) is 18.8 Å². The zero-order valence-electron chi connectivity index (χ0n) is 28.5. The van der Waals surface area contributed by atoms with Gasteiger partial charge in [-0.1, -0.05) is 93.9 Å². The van der Waals surface area contributed by atoms with Crippen molar-refractivity contribution in [2.24, 2.45) is 11.3 Å². The summed E-state index contributed by atoms with van der Waals surface area (Å²) in [5.74, 6) is -2.49. The molecule has 1 N–H and O–H groups in total. The van der Waals surface area contributed by atoms with Crippen molar-refractivity contribution < 1.29 is 38.1 Å². The average Bonchev–Trinajstić information content (AvgIpc) is 3.33. The van der Waals surface area contributed by atoms with E-state index in [0.717, 1.165) is 24.0 Å². The van der Waals surface area contributed by atoms with E-state index in [2.05, 4.69) is 33.9 Å². The molecular formula is C37H52O8Si. The molecule has 1 saturated carbocycles. The van der Waals surface area contributed by atoms with Crippen molar-refractivity contribution in [1.82, 2.24) is 0 Å². The first-order valence-corrected chi connectivity index (χ1v) is 19.2. The second-order valence-corrected chi connectivity index (χ2v) is 18.6. The number of allylic oxidation sites excluding steroid dienone is 1. The minimum Gasteiger partial charge on any atom is -0.469 e. The second-order valence-electron chi connectivity index (χ2n) is 13.9. The van der Waals surface area contributed by atoms with Gasteiger partial charge in [0.1, 0.15) is 13.2 Å². The Balaban J connectivity index is 2.00. The van der Waals surface area contributed by atoms with E-state index in [9.17, 15) is 19.5 Å². The van der Waals surface area contributed by atoms with Crippen LogP contribution in [0.4, 0.5) is 0 Å². The summed E-state index contributed by atoms with van der Waals surface area (Å²) in [6.07, 6.45) is 3.87. The molecule has 0 saturated heterocycles. The number of rotatable bonds is 15. The maximum atomic E-state index is 14.2. The van der Waals surface area contributed by atoms with Crippen molar-refractivity contribution >= 4 is 26.2 Å². The number of hydrogen-bond donors (Lipinski definition) is 1. The van der Waals surface area contributed by atoms with E-state index in [1.54, 1.807) is 6.92 Å². The van der Waals surface area contributed by atoms with Crippen molar-refractivity contribution in [2.45, 2.75) is 110 Å². The van der Waals surface area contributed by atoms with Gasteiger partial charge in [-0.3, -0.25) is 14.4 Å². The lowest BCUT2D eigenvalue weighted by atomic mass is 9.72. The molecule has 252 valence electrons. The molecule has 1 fully saturated rings. The van der Waals surface area contributed by atoms with Crippen LogP contribution in [0.5, 0.6) is 0 Å². The lowest BCUT2D eigenvalue weighted by Crippen LogP contribution is -2.52. The molecule has 0 radical (unpaired) electrons. The number of carbonyl (C=O) groups is 3. The van der Waals surface area contributed by atoms with Crippen LogP contribution in [0.1, 0.15) is 77.3 Å². The predicted molar refractivity (Wildman–Crippen MR) is 180 cm³/mol. The van der Waals surface area contributed by atoms with Crippen LogP contribution < -0.4 is 0 Å². The van der Waals surface area contributed by atoms with E-state index in [1.807, 2.05) is 66.7 Å². The predicted octanol–water partition coefficient (Wildman–Crippen LogP) is 7.30. The summed E-state index contributed by atoms with van der Waals surface area (Å²) in [7, 11) is -1.03. The Kier molecular flexibility index (Phi) is 13.4. The highest BCUT2D eigenvalue weighted by Crippen LogP contribution is 2.50. The van der Waals surface area contributed by atoms with Crippen LogP contribution in [0.3, 0.4) is 0 Å². The SMILES string of the molecule is COC(=O)CCCCC/C=C1/[C@@H](C(C)(C(=O)OCc2ccccc2)C(=O)OCc2ccccc2)[C@H](O[Si](C)(C)C(C)(C)C)C[C@@H]1O. The van der Waals surface area contributed by atoms with E-state index in [1.165, 1.54) is 7.11 Å². The van der Waals surface area contributed by atoms with Crippen molar-refractivity contribution in [2.75, 3.05) is 7.11 Å². The topological polar surface area (TPSA) is 108 Å². The van der Waals surface area contributed by atoms with Crippen LogP contribution >= 0.6 is 0 Å². The highest BCUT2D eigenvalue weighted by molar-refractivity contribution is 6.74. The van der Waals surface area contributed by atoms with Gasteiger partial charge in [-0.2, -0.15) is 0 Å². The maximum Gasteiger partial charge on any atom is 0.324 e. The summed E-state index contributed by atoms with van der Waals surface area (Å²) in [5, 5.41) is 11.3. The Bertz CT molecular complexity index is 1260. The first-order valence-electron chi connectivity index (χ1n) is 16.3. The Labute approximate surface area is 275 Å². The molecule has 2 aromatic rings. The van der Waals surface area contributed by atoms with Gasteiger partial charge in [0.2, 0.25) is 0 Å². The molecule has 1 aliphatic rings. The molecule has 8 nitrogen and oxygen atoms in total. The molecule has 1 aliphatic carbocycles. The van der Waals surface area contributed by atoms with Gasteiger partial charge in [-0.05, 0) is 61.0 Å². The Morgan fingerprint density at radius 1 is 0.848 bits per heavy atom. The summed E-state index contributed by atoms with van der Waals surface area (Å²) in [4.78, 5) is 40.0. The van der Waals surface area contributed by atoms with Crippen molar-refractivity contribution in [3.63, 3.8) is 0 Å². The van der Waals surface area contributed by atoms with Crippen LogP contribution in [0.2, 0.25) is 18.1 Å². The van der Waals surface area contributed by atoms with Crippen LogP contribution in [0, 0.1) is 11.3 Å². The number of benzene rings is 2. The largest absolute Gasteiger partial charge is 0.469 e. The molecule has 46 heavy (non-hydrogen) atoms. The first kappa shape index (κ1) is 37.2. The number of unbranched alkanes of at least 4 members (excludes halogenated alkanes) is 3. The summed E-state index contributed by atoms with van der Waals surface area (Å²) >= 11 is 0. The van der Waals surface area contributed by atoms with Gasteiger partial charge in [0.05, 0.1) is 19.3 Å². The van der Waals surface area contributed by atoms with Gasteiger partial charge in [-0.25, -0.2) is 0 Å². The van der Waals surface area contributed by atoms with Gasteiger partial charge in [0.15, 0.2) is 13.7 Å². The molecule has 9 heteroatoms. The molecule has 0 spiro atoms. The van der Waals surface area contributed by atoms with E-state index in [0.29, 0.717) is 24.8 Å². The molecular weight excluding hydrogens is 600 g/mol. The Hall–Kier alpha value is -3.27. The zero-order valence-corrected chi connectivity index (χ0v) is 29.5. The second kappa shape index (κ2) is 16.5. The number of ether oxygens (including phenoxy) is 3. The van der Waals surface area contributed by atoms with Gasteiger partial charge in [-0.15, -0.1) is 0 Å². The number of methoxy groups -OCH3 is 1. The van der Waals surface area contributed by atoms with Gasteiger partial charge in [0.25, 0.3) is 0 Å². The molecule has 0 bridgehead atoms. The van der Waals surface area contributed by atoms with Gasteiger partial charge < -0.3 is 23.7 Å². The maximum absolute atomic E-state index is 14.2. The molecule has 0 amide bonds. The average molecular weight is 653 g/mol. The summed E-state index contributed by atoms with van der Waals surface area (Å²) < 4.78 is 23.4. The quantitative estimate of drug-likeness (QED) is 0.0533. The summed E-state index contributed by atoms with van der Waals surface area (Å²) in [6.45, 7) is 12.2. The minimum absolute atomic E-state index is 0.0104. The van der Waals surface area contributed by atoms with Crippen molar-refractivity contribution in [3.8, 4) is 0 Å². The fraction of sp³-hybridized carbons (Fsp3) is 0.541. The lowest BCUT2D eigenvalue weighted by molar-refractivity contribution is -0.178. The number of carbonyl (C=O) groups excluding carboxylic acids is 3. The van der Waals surface area contributed by atoms with Crippen LogP contribution in [-0.2, 0) is 46.2 Å². The smallest absolute Gasteiger partial charge is 0.324 e.